The normalized spacial score (nSPS) is 11.9. The molecule has 0 aliphatic heterocycles. The Morgan fingerprint density at radius 2 is 1.68 bits per heavy atom. The van der Waals surface area contributed by atoms with Crippen LogP contribution in [0.25, 0.3) is 0 Å². The number of halogens is 1. The molecule has 0 heterocycles. The van der Waals surface area contributed by atoms with Crippen LogP contribution in [0.1, 0.15) is 27.7 Å². The topological polar surface area (TPSA) is 64.3 Å². The van der Waals surface area contributed by atoms with E-state index in [-0.39, 0.29) is 30.3 Å². The standard InChI is InChI=1S/C14H22N2O2.ClH/c1-9(2)13(15)14(17)16-11-5-7-12(8-6-11)18-10(3)4;/h5-10,13H,15H2,1-4H3,(H,16,17);1H/t13-;/m1./s1. The molecule has 0 spiro atoms. The van der Waals surface area contributed by atoms with E-state index in [2.05, 4.69) is 5.32 Å². The highest BCUT2D eigenvalue weighted by molar-refractivity contribution is 5.94. The third kappa shape index (κ3) is 5.94. The van der Waals surface area contributed by atoms with E-state index in [9.17, 15) is 4.79 Å². The summed E-state index contributed by atoms with van der Waals surface area (Å²) in [6.45, 7) is 7.78. The third-order valence-corrected chi connectivity index (χ3v) is 2.51. The van der Waals surface area contributed by atoms with Crippen LogP contribution in [0, 0.1) is 5.92 Å². The number of anilines is 1. The Hall–Kier alpha value is -1.26. The summed E-state index contributed by atoms with van der Waals surface area (Å²) in [6, 6.07) is 6.79. The molecule has 0 saturated heterocycles. The van der Waals surface area contributed by atoms with Crippen LogP contribution in [0.5, 0.6) is 5.75 Å². The van der Waals surface area contributed by atoms with Crippen molar-refractivity contribution in [2.75, 3.05) is 5.32 Å². The number of carbonyl (C=O) groups excluding carboxylic acids is 1. The number of nitrogens with two attached hydrogens (primary N) is 1. The van der Waals surface area contributed by atoms with Gasteiger partial charge in [-0.3, -0.25) is 4.79 Å². The first-order valence-corrected chi connectivity index (χ1v) is 6.23. The summed E-state index contributed by atoms with van der Waals surface area (Å²) < 4.78 is 5.52. The fraction of sp³-hybridized carbons (Fsp3) is 0.500. The number of hydrogen-bond acceptors (Lipinski definition) is 3. The zero-order chi connectivity index (χ0) is 13.7. The lowest BCUT2D eigenvalue weighted by atomic mass is 10.1. The highest BCUT2D eigenvalue weighted by atomic mass is 35.5. The van der Waals surface area contributed by atoms with Gasteiger partial charge in [-0.2, -0.15) is 0 Å². The maximum atomic E-state index is 11.7. The maximum absolute atomic E-state index is 11.7. The predicted molar refractivity (Wildman–Crippen MR) is 80.9 cm³/mol. The monoisotopic (exact) mass is 286 g/mol. The minimum absolute atomic E-state index is 0. The summed E-state index contributed by atoms with van der Waals surface area (Å²) in [5.74, 6) is 0.743. The lowest BCUT2D eigenvalue weighted by Crippen LogP contribution is -2.39. The van der Waals surface area contributed by atoms with Gasteiger partial charge in [0.2, 0.25) is 5.91 Å². The van der Waals surface area contributed by atoms with Crippen molar-refractivity contribution in [3.8, 4) is 5.75 Å². The minimum Gasteiger partial charge on any atom is -0.491 e. The van der Waals surface area contributed by atoms with Gasteiger partial charge in [0.15, 0.2) is 0 Å². The number of rotatable bonds is 5. The molecule has 1 atom stereocenters. The lowest BCUT2D eigenvalue weighted by molar-refractivity contribution is -0.118. The molecule has 0 unspecified atom stereocenters. The molecule has 5 heteroatoms. The summed E-state index contributed by atoms with van der Waals surface area (Å²) in [5, 5.41) is 2.78. The zero-order valence-electron chi connectivity index (χ0n) is 11.8. The number of nitrogens with one attached hydrogen (secondary N) is 1. The van der Waals surface area contributed by atoms with E-state index in [0.29, 0.717) is 0 Å². The molecule has 108 valence electrons. The van der Waals surface area contributed by atoms with Crippen LogP contribution in [0.3, 0.4) is 0 Å². The Labute approximate surface area is 121 Å². The Morgan fingerprint density at radius 1 is 1.16 bits per heavy atom. The zero-order valence-corrected chi connectivity index (χ0v) is 12.7. The van der Waals surface area contributed by atoms with Crippen LogP contribution >= 0.6 is 12.4 Å². The first-order valence-electron chi connectivity index (χ1n) is 6.23. The highest BCUT2D eigenvalue weighted by Crippen LogP contribution is 2.17. The first-order chi connectivity index (χ1) is 8.40. The Balaban J connectivity index is 0.00000324. The number of ether oxygens (including phenoxy) is 1. The lowest BCUT2D eigenvalue weighted by Gasteiger charge is -2.15. The Bertz CT molecular complexity index is 391. The molecule has 1 amide bonds. The second kappa shape index (κ2) is 8.02. The highest BCUT2D eigenvalue weighted by Gasteiger charge is 2.16. The van der Waals surface area contributed by atoms with E-state index in [1.807, 2.05) is 52.0 Å². The SMILES string of the molecule is CC(C)Oc1ccc(NC(=O)[C@H](N)C(C)C)cc1.Cl. The van der Waals surface area contributed by atoms with Crippen LogP contribution in [-0.2, 0) is 4.79 Å². The summed E-state index contributed by atoms with van der Waals surface area (Å²) in [6.07, 6.45) is 0.139. The van der Waals surface area contributed by atoms with Gasteiger partial charge in [0, 0.05) is 5.69 Å². The maximum Gasteiger partial charge on any atom is 0.241 e. The first kappa shape index (κ1) is 17.7. The van der Waals surface area contributed by atoms with E-state index in [0.717, 1.165) is 11.4 Å². The molecule has 0 bridgehead atoms. The van der Waals surface area contributed by atoms with Crippen LogP contribution in [0.15, 0.2) is 24.3 Å². The van der Waals surface area contributed by atoms with E-state index in [4.69, 9.17) is 10.5 Å². The molecular formula is C14H23ClN2O2. The van der Waals surface area contributed by atoms with Crippen molar-refractivity contribution in [3.63, 3.8) is 0 Å². The van der Waals surface area contributed by atoms with E-state index >= 15 is 0 Å². The summed E-state index contributed by atoms with van der Waals surface area (Å²) in [4.78, 5) is 11.7. The molecule has 0 saturated carbocycles. The average molecular weight is 287 g/mol. The summed E-state index contributed by atoms with van der Waals surface area (Å²) in [7, 11) is 0. The predicted octanol–water partition coefficient (Wildman–Crippen LogP) is 2.82. The molecule has 0 aromatic heterocycles. The van der Waals surface area contributed by atoms with E-state index < -0.39 is 6.04 Å². The molecule has 0 aliphatic rings. The minimum atomic E-state index is -0.489. The van der Waals surface area contributed by atoms with Gasteiger partial charge in [-0.15, -0.1) is 12.4 Å². The molecule has 1 aromatic rings. The fourth-order valence-corrected chi connectivity index (χ4v) is 1.42. The average Bonchev–Trinajstić information content (AvgIpc) is 2.29. The van der Waals surface area contributed by atoms with Crippen LogP contribution in [0.4, 0.5) is 5.69 Å². The Morgan fingerprint density at radius 3 is 2.11 bits per heavy atom. The van der Waals surface area contributed by atoms with Gasteiger partial charge in [0.25, 0.3) is 0 Å². The second-order valence-corrected chi connectivity index (χ2v) is 4.95. The number of hydrogen-bond donors (Lipinski definition) is 2. The van der Waals surface area contributed by atoms with Crippen molar-refractivity contribution >= 4 is 24.0 Å². The van der Waals surface area contributed by atoms with Crippen LogP contribution in [-0.4, -0.2) is 18.1 Å². The number of carbonyl (C=O) groups is 1. The summed E-state index contributed by atoms with van der Waals surface area (Å²) >= 11 is 0. The molecule has 19 heavy (non-hydrogen) atoms. The third-order valence-electron chi connectivity index (χ3n) is 2.51. The molecule has 1 aromatic carbocycles. The molecule has 0 fully saturated rings. The van der Waals surface area contributed by atoms with Gasteiger partial charge in [0.1, 0.15) is 5.75 Å². The van der Waals surface area contributed by atoms with Crippen molar-refractivity contribution in [1.29, 1.82) is 0 Å². The molecule has 0 aliphatic carbocycles. The van der Waals surface area contributed by atoms with Crippen molar-refractivity contribution in [3.05, 3.63) is 24.3 Å². The van der Waals surface area contributed by atoms with E-state index in [1.54, 1.807) is 0 Å². The largest absolute Gasteiger partial charge is 0.491 e. The van der Waals surface area contributed by atoms with Crippen LogP contribution in [0.2, 0.25) is 0 Å². The van der Waals surface area contributed by atoms with E-state index in [1.165, 1.54) is 0 Å². The van der Waals surface area contributed by atoms with Crippen molar-refractivity contribution in [2.24, 2.45) is 11.7 Å². The van der Waals surface area contributed by atoms with Crippen LogP contribution < -0.4 is 15.8 Å². The molecule has 3 N–H and O–H groups in total. The van der Waals surface area contributed by atoms with Gasteiger partial charge < -0.3 is 15.8 Å². The van der Waals surface area contributed by atoms with Gasteiger partial charge in [0.05, 0.1) is 12.1 Å². The molecule has 1 rings (SSSR count). The summed E-state index contributed by atoms with van der Waals surface area (Å²) in [5.41, 5.74) is 6.50. The number of benzene rings is 1. The van der Waals surface area contributed by atoms with Gasteiger partial charge in [-0.25, -0.2) is 0 Å². The Kier molecular flexibility index (Phi) is 7.49. The smallest absolute Gasteiger partial charge is 0.241 e. The van der Waals surface area contributed by atoms with Crippen molar-refractivity contribution < 1.29 is 9.53 Å². The molecule has 4 nitrogen and oxygen atoms in total. The van der Waals surface area contributed by atoms with Crippen molar-refractivity contribution in [2.45, 2.75) is 39.8 Å². The van der Waals surface area contributed by atoms with Gasteiger partial charge in [-0.05, 0) is 44.0 Å². The van der Waals surface area contributed by atoms with Crippen molar-refractivity contribution in [1.82, 2.24) is 0 Å². The van der Waals surface area contributed by atoms with Gasteiger partial charge >= 0.3 is 0 Å². The second-order valence-electron chi connectivity index (χ2n) is 4.95. The molecular weight excluding hydrogens is 264 g/mol. The molecule has 0 radical (unpaired) electrons. The fourth-order valence-electron chi connectivity index (χ4n) is 1.42. The number of amides is 1. The van der Waals surface area contributed by atoms with Gasteiger partial charge in [-0.1, -0.05) is 13.8 Å². The quantitative estimate of drug-likeness (QED) is 0.875.